The molecule has 0 saturated heterocycles. The van der Waals surface area contributed by atoms with Crippen molar-refractivity contribution >= 4 is 17.6 Å². The molecule has 1 amide bonds. The fourth-order valence-electron chi connectivity index (χ4n) is 2.32. The summed E-state index contributed by atoms with van der Waals surface area (Å²) in [7, 11) is 3.27. The van der Waals surface area contributed by atoms with Gasteiger partial charge in [0.15, 0.2) is 6.61 Å². The van der Waals surface area contributed by atoms with E-state index in [1.165, 1.54) is 7.11 Å². The summed E-state index contributed by atoms with van der Waals surface area (Å²) in [5.41, 5.74) is 3.35. The molecule has 0 unspecified atom stereocenters. The topological polar surface area (TPSA) is 82.4 Å². The lowest BCUT2D eigenvalue weighted by molar-refractivity contribution is -0.119. The van der Waals surface area contributed by atoms with E-state index in [1.54, 1.807) is 30.8 Å². The molecule has 0 bridgehead atoms. The Hall–Kier alpha value is -2.83. The number of esters is 1. The van der Waals surface area contributed by atoms with Crippen LogP contribution in [0.4, 0.5) is 5.69 Å². The fraction of sp³-hybridized carbons (Fsp3) is 0.353. The van der Waals surface area contributed by atoms with Crippen molar-refractivity contribution < 1.29 is 19.1 Å². The maximum absolute atomic E-state index is 12.2. The second-order valence-corrected chi connectivity index (χ2v) is 5.50. The summed E-state index contributed by atoms with van der Waals surface area (Å²) in [6.45, 7) is 5.12. The van der Waals surface area contributed by atoms with Gasteiger partial charge in [0.2, 0.25) is 0 Å². The van der Waals surface area contributed by atoms with Crippen molar-refractivity contribution in [3.8, 4) is 5.75 Å². The number of carbonyl (C=O) groups is 2. The van der Waals surface area contributed by atoms with Gasteiger partial charge in [-0.05, 0) is 32.9 Å². The zero-order chi connectivity index (χ0) is 17.9. The van der Waals surface area contributed by atoms with Crippen molar-refractivity contribution in [2.24, 2.45) is 7.05 Å². The maximum Gasteiger partial charge on any atom is 0.342 e. The van der Waals surface area contributed by atoms with E-state index in [2.05, 4.69) is 10.4 Å². The number of nitrogens with zero attached hydrogens (tertiary/aromatic N) is 2. The number of rotatable bonds is 5. The number of carbonyl (C=O) groups excluding carboxylic acids is 2. The van der Waals surface area contributed by atoms with Crippen LogP contribution in [0, 0.1) is 20.8 Å². The smallest absolute Gasteiger partial charge is 0.342 e. The Bertz CT molecular complexity index is 780. The molecule has 7 nitrogen and oxygen atoms in total. The Balaban J connectivity index is 2.01. The van der Waals surface area contributed by atoms with Crippen molar-refractivity contribution in [3.63, 3.8) is 0 Å². The largest absolute Gasteiger partial charge is 0.496 e. The first kappa shape index (κ1) is 17.5. The van der Waals surface area contributed by atoms with Gasteiger partial charge in [0.05, 0.1) is 24.2 Å². The molecule has 2 aromatic rings. The normalized spacial score (nSPS) is 10.4. The molecule has 0 saturated carbocycles. The minimum absolute atomic E-state index is 0.291. The third-order valence-corrected chi connectivity index (χ3v) is 3.68. The number of anilines is 1. The second-order valence-electron chi connectivity index (χ2n) is 5.50. The Morgan fingerprint density at radius 3 is 2.54 bits per heavy atom. The monoisotopic (exact) mass is 331 g/mol. The molecule has 1 aromatic heterocycles. The summed E-state index contributed by atoms with van der Waals surface area (Å²) in [6.07, 6.45) is 0. The lowest BCUT2D eigenvalue weighted by atomic mass is 10.1. The van der Waals surface area contributed by atoms with E-state index < -0.39 is 11.9 Å². The molecule has 1 N–H and O–H groups in total. The fourth-order valence-corrected chi connectivity index (χ4v) is 2.32. The first-order chi connectivity index (χ1) is 11.3. The molecular weight excluding hydrogens is 310 g/mol. The van der Waals surface area contributed by atoms with Crippen LogP contribution < -0.4 is 10.1 Å². The summed E-state index contributed by atoms with van der Waals surface area (Å²) in [6, 6.07) is 5.18. The Morgan fingerprint density at radius 1 is 1.25 bits per heavy atom. The van der Waals surface area contributed by atoms with E-state index in [0.717, 1.165) is 11.3 Å². The van der Waals surface area contributed by atoms with Gasteiger partial charge in [-0.3, -0.25) is 9.48 Å². The van der Waals surface area contributed by atoms with E-state index in [1.807, 2.05) is 19.9 Å². The molecule has 128 valence electrons. The molecule has 0 aliphatic heterocycles. The highest BCUT2D eigenvalue weighted by Crippen LogP contribution is 2.21. The highest BCUT2D eigenvalue weighted by molar-refractivity contribution is 5.97. The van der Waals surface area contributed by atoms with Crippen LogP contribution >= 0.6 is 0 Å². The summed E-state index contributed by atoms with van der Waals surface area (Å²) in [5, 5.41) is 6.93. The number of amides is 1. The van der Waals surface area contributed by atoms with Crippen LogP contribution in [0.15, 0.2) is 18.2 Å². The first-order valence-electron chi connectivity index (χ1n) is 7.45. The molecule has 0 aliphatic rings. The van der Waals surface area contributed by atoms with Gasteiger partial charge >= 0.3 is 5.97 Å². The number of ether oxygens (including phenoxy) is 2. The van der Waals surface area contributed by atoms with Crippen LogP contribution in [-0.2, 0) is 16.6 Å². The number of benzene rings is 1. The molecule has 0 radical (unpaired) electrons. The van der Waals surface area contributed by atoms with E-state index >= 15 is 0 Å². The standard InChI is InChI=1S/C17H21N3O4/c1-10-6-7-14(23-5)13(8-10)17(22)24-9-15(21)18-16-11(2)19-20(4)12(16)3/h6-8H,9H2,1-5H3,(H,18,21). The summed E-state index contributed by atoms with van der Waals surface area (Å²) >= 11 is 0. The van der Waals surface area contributed by atoms with Gasteiger partial charge in [-0.25, -0.2) is 4.79 Å². The van der Waals surface area contributed by atoms with Gasteiger partial charge in [0, 0.05) is 7.05 Å². The van der Waals surface area contributed by atoms with Crippen LogP contribution in [0.5, 0.6) is 5.75 Å². The third kappa shape index (κ3) is 3.73. The Labute approximate surface area is 140 Å². The lowest BCUT2D eigenvalue weighted by Crippen LogP contribution is -2.21. The predicted molar refractivity (Wildman–Crippen MR) is 89.3 cm³/mol. The number of hydrogen-bond donors (Lipinski definition) is 1. The van der Waals surface area contributed by atoms with Crippen molar-refractivity contribution in [2.75, 3.05) is 19.0 Å². The van der Waals surface area contributed by atoms with E-state index in [9.17, 15) is 9.59 Å². The highest BCUT2D eigenvalue weighted by atomic mass is 16.5. The SMILES string of the molecule is COc1ccc(C)cc1C(=O)OCC(=O)Nc1c(C)nn(C)c1C. The average Bonchev–Trinajstić information content (AvgIpc) is 2.78. The lowest BCUT2D eigenvalue weighted by Gasteiger charge is -2.10. The molecule has 1 heterocycles. The Morgan fingerprint density at radius 2 is 1.96 bits per heavy atom. The number of aryl methyl sites for hydroxylation is 3. The molecular formula is C17H21N3O4. The van der Waals surface area contributed by atoms with Crippen molar-refractivity contribution in [1.82, 2.24) is 9.78 Å². The summed E-state index contributed by atoms with van der Waals surface area (Å²) in [4.78, 5) is 24.2. The zero-order valence-corrected chi connectivity index (χ0v) is 14.5. The molecule has 7 heteroatoms. The van der Waals surface area contributed by atoms with E-state index in [0.29, 0.717) is 22.7 Å². The van der Waals surface area contributed by atoms with Gasteiger partial charge in [0.25, 0.3) is 5.91 Å². The predicted octanol–water partition coefficient (Wildman–Crippen LogP) is 2.15. The van der Waals surface area contributed by atoms with Crippen LogP contribution in [0.3, 0.4) is 0 Å². The highest BCUT2D eigenvalue weighted by Gasteiger charge is 2.17. The van der Waals surface area contributed by atoms with Gasteiger partial charge in [0.1, 0.15) is 11.3 Å². The first-order valence-corrected chi connectivity index (χ1v) is 7.45. The van der Waals surface area contributed by atoms with Gasteiger partial charge in [-0.1, -0.05) is 11.6 Å². The Kier molecular flexibility index (Phi) is 5.23. The minimum atomic E-state index is -0.606. The van der Waals surface area contributed by atoms with Crippen LogP contribution in [0.1, 0.15) is 27.3 Å². The third-order valence-electron chi connectivity index (χ3n) is 3.68. The molecule has 0 fully saturated rings. The van der Waals surface area contributed by atoms with Crippen molar-refractivity contribution in [2.45, 2.75) is 20.8 Å². The summed E-state index contributed by atoms with van der Waals surface area (Å²) < 4.78 is 11.9. The molecule has 2 rings (SSSR count). The number of nitrogens with one attached hydrogen (secondary N) is 1. The number of methoxy groups -OCH3 is 1. The second kappa shape index (κ2) is 7.16. The van der Waals surface area contributed by atoms with Crippen LogP contribution in [0.25, 0.3) is 0 Å². The average molecular weight is 331 g/mol. The molecule has 0 atom stereocenters. The number of aromatic nitrogens is 2. The minimum Gasteiger partial charge on any atom is -0.496 e. The zero-order valence-electron chi connectivity index (χ0n) is 14.5. The van der Waals surface area contributed by atoms with Crippen LogP contribution in [0.2, 0.25) is 0 Å². The van der Waals surface area contributed by atoms with E-state index in [4.69, 9.17) is 9.47 Å². The molecule has 1 aromatic carbocycles. The van der Waals surface area contributed by atoms with Gasteiger partial charge < -0.3 is 14.8 Å². The van der Waals surface area contributed by atoms with Crippen molar-refractivity contribution in [3.05, 3.63) is 40.7 Å². The quantitative estimate of drug-likeness (QED) is 0.849. The van der Waals surface area contributed by atoms with Crippen molar-refractivity contribution in [1.29, 1.82) is 0 Å². The molecule has 0 spiro atoms. The maximum atomic E-state index is 12.2. The van der Waals surface area contributed by atoms with Crippen LogP contribution in [-0.4, -0.2) is 35.4 Å². The molecule has 24 heavy (non-hydrogen) atoms. The number of hydrogen-bond acceptors (Lipinski definition) is 5. The van der Waals surface area contributed by atoms with Gasteiger partial charge in [-0.2, -0.15) is 5.10 Å². The van der Waals surface area contributed by atoms with Gasteiger partial charge in [-0.15, -0.1) is 0 Å². The summed E-state index contributed by atoms with van der Waals surface area (Å²) in [5.74, 6) is -0.621. The molecule has 0 aliphatic carbocycles. The van der Waals surface area contributed by atoms with E-state index in [-0.39, 0.29) is 6.61 Å².